The van der Waals surface area contributed by atoms with Gasteiger partial charge in [-0.25, -0.2) is 13.9 Å². The zero-order valence-corrected chi connectivity index (χ0v) is 19.9. The van der Waals surface area contributed by atoms with E-state index in [1.54, 1.807) is 22.9 Å². The van der Waals surface area contributed by atoms with Crippen molar-refractivity contribution in [1.82, 2.24) is 14.6 Å². The van der Waals surface area contributed by atoms with Crippen molar-refractivity contribution in [2.45, 2.75) is 58.4 Å². The minimum atomic E-state index is -0.217. The van der Waals surface area contributed by atoms with Gasteiger partial charge in [0.1, 0.15) is 11.6 Å². The molecule has 6 heteroatoms. The number of carbonyl (C=O) groups is 1. The maximum atomic E-state index is 14.0. The van der Waals surface area contributed by atoms with Crippen LogP contribution in [0.2, 0.25) is 0 Å². The fraction of sp³-hybridized carbons (Fsp3) is 0.393. The van der Waals surface area contributed by atoms with Crippen molar-refractivity contribution in [2.75, 3.05) is 11.4 Å². The number of benzene rings is 1. The molecule has 1 aliphatic heterocycles. The van der Waals surface area contributed by atoms with Gasteiger partial charge in [0.15, 0.2) is 11.4 Å². The van der Waals surface area contributed by atoms with Gasteiger partial charge in [-0.15, -0.1) is 0 Å². The Hall–Kier alpha value is -3.28. The maximum Gasteiger partial charge on any atom is 0.185 e. The quantitative estimate of drug-likeness (QED) is 0.425. The summed E-state index contributed by atoms with van der Waals surface area (Å²) in [6.45, 7) is 9.20. The van der Waals surface area contributed by atoms with Crippen molar-refractivity contribution in [2.24, 2.45) is 5.92 Å². The molecule has 176 valence electrons. The molecule has 1 saturated carbocycles. The van der Waals surface area contributed by atoms with E-state index in [9.17, 15) is 9.18 Å². The van der Waals surface area contributed by atoms with E-state index in [0.717, 1.165) is 55.6 Å². The van der Waals surface area contributed by atoms with Gasteiger partial charge in [-0.1, -0.05) is 31.6 Å². The third kappa shape index (κ3) is 4.29. The highest BCUT2D eigenvalue weighted by Gasteiger charge is 2.29. The molecule has 0 spiro atoms. The predicted octanol–water partition coefficient (Wildman–Crippen LogP) is 6.24. The highest BCUT2D eigenvalue weighted by atomic mass is 19.1. The number of hydrogen-bond donors (Lipinski definition) is 0. The van der Waals surface area contributed by atoms with Crippen LogP contribution < -0.4 is 4.90 Å². The van der Waals surface area contributed by atoms with Crippen LogP contribution in [0.1, 0.15) is 68.2 Å². The third-order valence-electron chi connectivity index (χ3n) is 7.26. The topological polar surface area (TPSA) is 50.5 Å². The molecule has 2 aliphatic rings. The number of ketones is 1. The van der Waals surface area contributed by atoms with Gasteiger partial charge in [0.25, 0.3) is 0 Å². The number of carbonyl (C=O) groups excluding carboxylic acids is 1. The smallest absolute Gasteiger partial charge is 0.185 e. The monoisotopic (exact) mass is 458 g/mol. The van der Waals surface area contributed by atoms with E-state index in [-0.39, 0.29) is 17.6 Å². The first-order valence-electron chi connectivity index (χ1n) is 12.2. The van der Waals surface area contributed by atoms with Crippen molar-refractivity contribution in [1.29, 1.82) is 0 Å². The van der Waals surface area contributed by atoms with Crippen molar-refractivity contribution in [3.05, 3.63) is 77.4 Å². The molecule has 0 N–H and O–H groups in total. The number of hydrogen-bond acceptors (Lipinski definition) is 4. The molecule has 3 aromatic rings. The van der Waals surface area contributed by atoms with Gasteiger partial charge in [-0.05, 0) is 80.3 Å². The molecule has 5 nitrogen and oxygen atoms in total. The first kappa shape index (κ1) is 22.5. The van der Waals surface area contributed by atoms with Crippen molar-refractivity contribution in [3.63, 3.8) is 0 Å². The molecule has 0 bridgehead atoms. The minimum absolute atomic E-state index is 0.0689. The number of allylic oxidation sites excluding steroid dienone is 3. The van der Waals surface area contributed by atoms with E-state index >= 15 is 0 Å². The zero-order chi connectivity index (χ0) is 23.8. The first-order valence-corrected chi connectivity index (χ1v) is 12.2. The van der Waals surface area contributed by atoms with E-state index in [1.807, 2.05) is 25.3 Å². The Morgan fingerprint density at radius 2 is 2.09 bits per heavy atom. The van der Waals surface area contributed by atoms with E-state index in [4.69, 9.17) is 4.98 Å². The van der Waals surface area contributed by atoms with Gasteiger partial charge in [0.05, 0.1) is 12.2 Å². The van der Waals surface area contributed by atoms with Gasteiger partial charge >= 0.3 is 0 Å². The molecule has 1 saturated heterocycles. The Bertz CT molecular complexity index is 1290. The molecular weight excluding hydrogens is 427 g/mol. The minimum Gasteiger partial charge on any atom is -0.349 e. The Labute approximate surface area is 200 Å². The molecular formula is C28H31FN4O. The summed E-state index contributed by atoms with van der Waals surface area (Å²) < 4.78 is 15.7. The molecule has 5 rings (SSSR count). The Morgan fingerprint density at radius 3 is 2.91 bits per heavy atom. The van der Waals surface area contributed by atoms with Crippen LogP contribution in [0, 0.1) is 18.7 Å². The average Bonchev–Trinajstić information content (AvgIpc) is 3.47. The van der Waals surface area contributed by atoms with E-state index in [2.05, 4.69) is 23.5 Å². The van der Waals surface area contributed by atoms with E-state index in [0.29, 0.717) is 22.7 Å². The van der Waals surface area contributed by atoms with Crippen LogP contribution in [0.25, 0.3) is 11.2 Å². The summed E-state index contributed by atoms with van der Waals surface area (Å²) in [7, 11) is 0. The van der Waals surface area contributed by atoms with Crippen molar-refractivity contribution < 1.29 is 9.18 Å². The van der Waals surface area contributed by atoms with Gasteiger partial charge < -0.3 is 4.90 Å². The number of aromatic nitrogens is 3. The highest BCUT2D eigenvalue weighted by Crippen LogP contribution is 2.37. The molecule has 2 aromatic heterocycles. The highest BCUT2D eigenvalue weighted by molar-refractivity contribution is 6.26. The molecule has 34 heavy (non-hydrogen) atoms. The van der Waals surface area contributed by atoms with Crippen LogP contribution in [-0.4, -0.2) is 26.9 Å². The van der Waals surface area contributed by atoms with Crippen molar-refractivity contribution in [3.8, 4) is 0 Å². The molecule has 2 atom stereocenters. The number of halogens is 1. The van der Waals surface area contributed by atoms with E-state index < -0.39 is 0 Å². The van der Waals surface area contributed by atoms with Crippen molar-refractivity contribution >= 4 is 22.8 Å². The normalized spacial score (nSPS) is 22.0. The van der Waals surface area contributed by atoms with Crippen LogP contribution in [-0.2, 0) is 4.79 Å². The number of anilines is 1. The van der Waals surface area contributed by atoms with Gasteiger partial charge in [0, 0.05) is 23.9 Å². The summed E-state index contributed by atoms with van der Waals surface area (Å²) in [5.74, 6) is 1.14. The Morgan fingerprint density at radius 1 is 1.24 bits per heavy atom. The summed E-state index contributed by atoms with van der Waals surface area (Å²) in [4.78, 5) is 20.2. The predicted molar refractivity (Wildman–Crippen MR) is 133 cm³/mol. The molecule has 0 unspecified atom stereocenters. The second-order valence-electron chi connectivity index (χ2n) is 9.81. The molecule has 1 aliphatic carbocycles. The summed E-state index contributed by atoms with van der Waals surface area (Å²) in [5.41, 5.74) is 4.98. The molecule has 0 amide bonds. The van der Waals surface area contributed by atoms with Crippen LogP contribution in [0.5, 0.6) is 0 Å². The zero-order valence-electron chi connectivity index (χ0n) is 19.9. The first-order chi connectivity index (χ1) is 16.4. The van der Waals surface area contributed by atoms with Crippen LogP contribution in [0.3, 0.4) is 0 Å². The maximum absolute atomic E-state index is 14.0. The number of aryl methyl sites for hydroxylation is 1. The van der Waals surface area contributed by atoms with E-state index in [1.165, 1.54) is 18.1 Å². The second-order valence-corrected chi connectivity index (χ2v) is 9.81. The fourth-order valence-electron chi connectivity index (χ4n) is 5.43. The van der Waals surface area contributed by atoms with Crippen LogP contribution >= 0.6 is 0 Å². The summed E-state index contributed by atoms with van der Waals surface area (Å²) in [6.07, 6.45) is 11.6. The lowest BCUT2D eigenvalue weighted by Gasteiger charge is -2.27. The lowest BCUT2D eigenvalue weighted by Crippen LogP contribution is -2.24. The standard InChI is InChI=1S/C28H31FN4O/c1-18-6-4-7-21(14-18)15-26(34)20(3)24-17-30-33-13-11-27(31-28(24)33)32-12-5-8-25(32)23-16-22(29)10-9-19(23)2/h9-11,13,15-18,25H,3-8,12,14H2,1-2H3/b21-15-/t18-,25+/m0/s1. The summed E-state index contributed by atoms with van der Waals surface area (Å²) >= 11 is 0. The third-order valence-corrected chi connectivity index (χ3v) is 7.26. The Kier molecular flexibility index (Phi) is 6.07. The second kappa shape index (κ2) is 9.16. The van der Waals surface area contributed by atoms with Gasteiger partial charge in [-0.3, -0.25) is 4.79 Å². The van der Waals surface area contributed by atoms with Gasteiger partial charge in [-0.2, -0.15) is 5.10 Å². The number of nitrogens with zero attached hydrogens (tertiary/aromatic N) is 4. The summed E-state index contributed by atoms with van der Waals surface area (Å²) in [5, 5.41) is 4.40. The molecule has 0 radical (unpaired) electrons. The summed E-state index contributed by atoms with van der Waals surface area (Å²) in [6, 6.07) is 6.99. The van der Waals surface area contributed by atoms with Crippen LogP contribution in [0.4, 0.5) is 10.2 Å². The number of fused-ring (bicyclic) bond motifs is 1. The van der Waals surface area contributed by atoms with Gasteiger partial charge in [0.2, 0.25) is 0 Å². The largest absolute Gasteiger partial charge is 0.349 e. The number of rotatable bonds is 5. The van der Waals surface area contributed by atoms with Crippen LogP contribution in [0.15, 0.2) is 54.9 Å². The molecule has 2 fully saturated rings. The lowest BCUT2D eigenvalue weighted by molar-refractivity contribution is -0.109. The fourth-order valence-corrected chi connectivity index (χ4v) is 5.43. The lowest BCUT2D eigenvalue weighted by atomic mass is 9.86. The SMILES string of the molecule is C=C(C(=O)/C=C1/CCC[C@H](C)C1)c1cnn2ccc(N3CCC[C@@H]3c3cc(F)ccc3C)nc12. The molecule has 3 heterocycles. The Balaban J connectivity index is 1.45. The molecule has 1 aromatic carbocycles. The average molecular weight is 459 g/mol.